The maximum absolute atomic E-state index is 11.3. The molecular weight excluding hydrogens is 316 g/mol. The molecule has 0 aliphatic carbocycles. The fourth-order valence-electron chi connectivity index (χ4n) is 2.84. The summed E-state index contributed by atoms with van der Waals surface area (Å²) in [4.78, 5) is 15.5. The molecule has 3 heterocycles. The van der Waals surface area contributed by atoms with Crippen LogP contribution >= 0.6 is 27.3 Å². The van der Waals surface area contributed by atoms with Crippen molar-refractivity contribution in [2.45, 2.75) is 19.8 Å². The van der Waals surface area contributed by atoms with E-state index in [0.29, 0.717) is 5.41 Å². The molecule has 0 unspecified atom stereocenters. The Balaban J connectivity index is 1.57. The highest BCUT2D eigenvalue weighted by atomic mass is 79.9. The van der Waals surface area contributed by atoms with Gasteiger partial charge in [0.1, 0.15) is 0 Å². The molecule has 0 bridgehead atoms. The minimum atomic E-state index is 0.203. The number of piperidine rings is 1. The molecule has 1 spiro atoms. The summed E-state index contributed by atoms with van der Waals surface area (Å²) in [6.45, 7) is 5.58. The lowest BCUT2D eigenvalue weighted by Gasteiger charge is -2.53. The molecule has 5 nitrogen and oxygen atoms in total. The molecule has 2 fully saturated rings. The number of carbonyl (C=O) groups is 1. The summed E-state index contributed by atoms with van der Waals surface area (Å²) in [7, 11) is 0. The quantitative estimate of drug-likeness (QED) is 0.787. The third kappa shape index (κ3) is 2.14. The van der Waals surface area contributed by atoms with Gasteiger partial charge in [-0.25, -0.2) is 0 Å². The highest BCUT2D eigenvalue weighted by Crippen LogP contribution is 2.43. The van der Waals surface area contributed by atoms with Gasteiger partial charge in [-0.3, -0.25) is 4.79 Å². The first kappa shape index (κ1) is 12.3. The third-order valence-electron chi connectivity index (χ3n) is 3.98. The van der Waals surface area contributed by atoms with Crippen LogP contribution in [-0.4, -0.2) is 47.2 Å². The van der Waals surface area contributed by atoms with E-state index < -0.39 is 0 Å². The van der Waals surface area contributed by atoms with Gasteiger partial charge in [-0.15, -0.1) is 10.2 Å². The highest BCUT2D eigenvalue weighted by molar-refractivity contribution is 9.11. The normalized spacial score (nSPS) is 22.1. The first-order chi connectivity index (χ1) is 8.58. The Bertz CT molecular complexity index is 461. The topological polar surface area (TPSA) is 49.3 Å². The second-order valence-corrected chi connectivity index (χ2v) is 7.43. The van der Waals surface area contributed by atoms with Crippen molar-refractivity contribution in [3.8, 4) is 0 Å². The van der Waals surface area contributed by atoms with E-state index in [1.165, 1.54) is 0 Å². The van der Waals surface area contributed by atoms with Crippen LogP contribution in [0.15, 0.2) is 3.92 Å². The summed E-state index contributed by atoms with van der Waals surface area (Å²) in [5.74, 6) is 0.203. The summed E-state index contributed by atoms with van der Waals surface area (Å²) in [5.41, 5.74) is 0.407. The van der Waals surface area contributed by atoms with Crippen LogP contribution in [-0.2, 0) is 4.79 Å². The fourth-order valence-corrected chi connectivity index (χ4v) is 3.92. The average Bonchev–Trinajstić information content (AvgIpc) is 2.72. The minimum Gasteiger partial charge on any atom is -0.345 e. The van der Waals surface area contributed by atoms with Crippen molar-refractivity contribution >= 4 is 38.3 Å². The molecule has 0 radical (unpaired) electrons. The molecule has 1 aromatic heterocycles. The van der Waals surface area contributed by atoms with E-state index in [1.54, 1.807) is 18.3 Å². The molecule has 0 atom stereocenters. The number of carbonyl (C=O) groups excluding carboxylic acids is 1. The molecule has 0 saturated carbocycles. The molecule has 3 rings (SSSR count). The van der Waals surface area contributed by atoms with Gasteiger partial charge in [0.15, 0.2) is 3.92 Å². The fraction of sp³-hybridized carbons (Fsp3) is 0.727. The molecule has 2 saturated heterocycles. The van der Waals surface area contributed by atoms with Crippen molar-refractivity contribution < 1.29 is 4.79 Å². The van der Waals surface area contributed by atoms with Gasteiger partial charge in [0.2, 0.25) is 11.0 Å². The van der Waals surface area contributed by atoms with Crippen molar-refractivity contribution in [1.29, 1.82) is 0 Å². The van der Waals surface area contributed by atoms with Crippen molar-refractivity contribution in [3.05, 3.63) is 3.92 Å². The van der Waals surface area contributed by atoms with Gasteiger partial charge in [-0.1, -0.05) is 11.3 Å². The third-order valence-corrected chi connectivity index (χ3v) is 5.40. The van der Waals surface area contributed by atoms with Crippen LogP contribution in [0.4, 0.5) is 5.13 Å². The molecule has 2 aliphatic rings. The zero-order valence-electron chi connectivity index (χ0n) is 10.2. The zero-order valence-corrected chi connectivity index (χ0v) is 12.6. The number of aromatic nitrogens is 2. The second kappa shape index (κ2) is 4.45. The van der Waals surface area contributed by atoms with E-state index in [2.05, 4.69) is 31.0 Å². The number of hydrogen-bond acceptors (Lipinski definition) is 5. The van der Waals surface area contributed by atoms with E-state index in [1.807, 2.05) is 4.90 Å². The Morgan fingerprint density at radius 1 is 1.33 bits per heavy atom. The Morgan fingerprint density at radius 2 is 2.00 bits per heavy atom. The lowest BCUT2D eigenvalue weighted by Crippen LogP contribution is -2.60. The van der Waals surface area contributed by atoms with Gasteiger partial charge in [0.25, 0.3) is 0 Å². The van der Waals surface area contributed by atoms with Gasteiger partial charge in [-0.2, -0.15) is 0 Å². The van der Waals surface area contributed by atoms with Crippen LogP contribution in [0.3, 0.4) is 0 Å². The van der Waals surface area contributed by atoms with Crippen LogP contribution in [0, 0.1) is 5.41 Å². The van der Waals surface area contributed by atoms with Crippen LogP contribution in [0.25, 0.3) is 0 Å². The molecule has 1 amide bonds. The maximum atomic E-state index is 11.3. The van der Waals surface area contributed by atoms with Crippen molar-refractivity contribution in [2.75, 3.05) is 31.1 Å². The smallest absolute Gasteiger partial charge is 0.219 e. The Morgan fingerprint density at radius 3 is 2.50 bits per heavy atom. The molecule has 0 N–H and O–H groups in total. The van der Waals surface area contributed by atoms with E-state index in [4.69, 9.17) is 0 Å². The number of likely N-dealkylation sites (tertiary alicyclic amines) is 1. The molecule has 98 valence electrons. The van der Waals surface area contributed by atoms with E-state index in [9.17, 15) is 4.79 Å². The van der Waals surface area contributed by atoms with Gasteiger partial charge < -0.3 is 9.80 Å². The largest absolute Gasteiger partial charge is 0.345 e. The Labute approximate surface area is 118 Å². The van der Waals surface area contributed by atoms with Crippen molar-refractivity contribution in [3.63, 3.8) is 0 Å². The molecule has 7 heteroatoms. The second-order valence-electron chi connectivity index (χ2n) is 5.20. The van der Waals surface area contributed by atoms with Crippen LogP contribution < -0.4 is 4.90 Å². The summed E-state index contributed by atoms with van der Waals surface area (Å²) in [5, 5.41) is 9.12. The Kier molecular flexibility index (Phi) is 3.05. The molecule has 18 heavy (non-hydrogen) atoms. The van der Waals surface area contributed by atoms with Crippen molar-refractivity contribution in [1.82, 2.24) is 15.1 Å². The highest BCUT2D eigenvalue weighted by Gasteiger charge is 2.46. The summed E-state index contributed by atoms with van der Waals surface area (Å²) >= 11 is 4.92. The maximum Gasteiger partial charge on any atom is 0.219 e. The monoisotopic (exact) mass is 330 g/mol. The molecule has 1 aromatic rings. The molecule has 2 aliphatic heterocycles. The first-order valence-corrected chi connectivity index (χ1v) is 7.68. The van der Waals surface area contributed by atoms with Crippen LogP contribution in [0.5, 0.6) is 0 Å². The number of nitrogens with zero attached hydrogens (tertiary/aromatic N) is 4. The first-order valence-electron chi connectivity index (χ1n) is 6.07. The molecular formula is C11H15BrN4OS. The lowest BCUT2D eigenvalue weighted by molar-refractivity contribution is -0.131. The van der Waals surface area contributed by atoms with E-state index in [-0.39, 0.29) is 5.91 Å². The SMILES string of the molecule is CC(=O)N1CCC2(CC1)CN(c1nnc(Br)s1)C2. The summed E-state index contributed by atoms with van der Waals surface area (Å²) < 4.78 is 0.838. The lowest BCUT2D eigenvalue weighted by atomic mass is 9.72. The zero-order chi connectivity index (χ0) is 12.8. The minimum absolute atomic E-state index is 0.203. The number of amides is 1. The predicted octanol–water partition coefficient (Wildman–Crippen LogP) is 1.75. The van der Waals surface area contributed by atoms with Crippen molar-refractivity contribution in [2.24, 2.45) is 5.41 Å². The number of halogens is 1. The summed E-state index contributed by atoms with van der Waals surface area (Å²) in [6.07, 6.45) is 2.23. The van der Waals surface area contributed by atoms with Crippen LogP contribution in [0.2, 0.25) is 0 Å². The number of hydrogen-bond donors (Lipinski definition) is 0. The number of anilines is 1. The van der Waals surface area contributed by atoms with E-state index >= 15 is 0 Å². The Hall–Kier alpha value is -0.690. The van der Waals surface area contributed by atoms with Gasteiger partial charge in [-0.05, 0) is 28.8 Å². The van der Waals surface area contributed by atoms with Gasteiger partial charge in [0.05, 0.1) is 0 Å². The number of rotatable bonds is 1. The van der Waals surface area contributed by atoms with E-state index in [0.717, 1.165) is 48.1 Å². The predicted molar refractivity (Wildman–Crippen MR) is 73.7 cm³/mol. The summed E-state index contributed by atoms with van der Waals surface area (Å²) in [6, 6.07) is 0. The molecule has 0 aromatic carbocycles. The van der Waals surface area contributed by atoms with Gasteiger partial charge >= 0.3 is 0 Å². The average molecular weight is 331 g/mol. The standard InChI is InChI=1S/C11H15BrN4OS/c1-8(17)15-4-2-11(3-5-15)6-16(7-11)10-14-13-9(12)18-10/h2-7H2,1H3. The van der Waals surface area contributed by atoms with Gasteiger partial charge in [0, 0.05) is 38.5 Å². The van der Waals surface area contributed by atoms with Crippen LogP contribution in [0.1, 0.15) is 19.8 Å².